The molecule has 1 N–H and O–H groups in total. The van der Waals surface area contributed by atoms with Gasteiger partial charge < -0.3 is 14.8 Å². The minimum Gasteiger partial charge on any atom is -0.491 e. The van der Waals surface area contributed by atoms with Crippen molar-refractivity contribution in [2.24, 2.45) is 0 Å². The van der Waals surface area contributed by atoms with Gasteiger partial charge in [0, 0.05) is 5.56 Å². The van der Waals surface area contributed by atoms with Gasteiger partial charge in [-0.2, -0.15) is 0 Å². The molecule has 0 aliphatic rings. The SMILES string of the molecule is CNC(CC(=O)OC)C(=O)c1ccc(OC(C)C)cc1. The van der Waals surface area contributed by atoms with Gasteiger partial charge in [0.05, 0.1) is 25.7 Å². The normalized spacial score (nSPS) is 12.1. The van der Waals surface area contributed by atoms with E-state index >= 15 is 0 Å². The molecule has 5 heteroatoms. The highest BCUT2D eigenvalue weighted by Crippen LogP contribution is 2.15. The Balaban J connectivity index is 2.77. The molecule has 1 aromatic carbocycles. The van der Waals surface area contributed by atoms with E-state index < -0.39 is 12.0 Å². The molecular formula is C15H21NO4. The molecule has 0 heterocycles. The number of esters is 1. The highest BCUT2D eigenvalue weighted by atomic mass is 16.5. The number of likely N-dealkylation sites (N-methyl/N-ethyl adjacent to an activating group) is 1. The summed E-state index contributed by atoms with van der Waals surface area (Å²) in [5, 5.41) is 2.83. The number of rotatable bonds is 7. The van der Waals surface area contributed by atoms with Crippen LogP contribution in [-0.4, -0.2) is 38.1 Å². The minimum absolute atomic E-state index is 0.01000. The molecule has 0 saturated heterocycles. The maximum atomic E-state index is 12.2. The predicted molar refractivity (Wildman–Crippen MR) is 76.0 cm³/mol. The monoisotopic (exact) mass is 279 g/mol. The third-order valence-electron chi connectivity index (χ3n) is 2.77. The smallest absolute Gasteiger partial charge is 0.307 e. The molecule has 0 aromatic heterocycles. The first-order chi connectivity index (χ1) is 9.47. The number of benzene rings is 1. The molecule has 0 spiro atoms. The third kappa shape index (κ3) is 4.66. The Morgan fingerprint density at radius 2 is 1.80 bits per heavy atom. The molecule has 0 radical (unpaired) electrons. The lowest BCUT2D eigenvalue weighted by Gasteiger charge is -2.14. The Morgan fingerprint density at radius 3 is 2.25 bits per heavy atom. The van der Waals surface area contributed by atoms with Crippen molar-refractivity contribution >= 4 is 11.8 Å². The number of hydrogen-bond acceptors (Lipinski definition) is 5. The summed E-state index contributed by atoms with van der Waals surface area (Å²) in [7, 11) is 2.94. The fourth-order valence-corrected chi connectivity index (χ4v) is 1.75. The molecule has 0 bridgehead atoms. The van der Waals surface area contributed by atoms with Crippen LogP contribution in [0.2, 0.25) is 0 Å². The standard InChI is InChI=1S/C15H21NO4/c1-10(2)20-12-7-5-11(6-8-12)15(18)13(16-3)9-14(17)19-4/h5-8,10,13,16H,9H2,1-4H3. The third-order valence-corrected chi connectivity index (χ3v) is 2.77. The first kappa shape index (κ1) is 16.2. The van der Waals surface area contributed by atoms with E-state index in [0.29, 0.717) is 11.3 Å². The van der Waals surface area contributed by atoms with Crippen molar-refractivity contribution in [2.45, 2.75) is 32.4 Å². The van der Waals surface area contributed by atoms with Crippen molar-refractivity contribution < 1.29 is 19.1 Å². The largest absolute Gasteiger partial charge is 0.491 e. The average Bonchev–Trinajstić information content (AvgIpc) is 2.44. The average molecular weight is 279 g/mol. The molecule has 0 saturated carbocycles. The molecule has 110 valence electrons. The summed E-state index contributed by atoms with van der Waals surface area (Å²) >= 11 is 0. The first-order valence-corrected chi connectivity index (χ1v) is 6.53. The van der Waals surface area contributed by atoms with Crippen LogP contribution in [0.5, 0.6) is 5.75 Å². The van der Waals surface area contributed by atoms with Crippen LogP contribution in [0.25, 0.3) is 0 Å². The molecule has 5 nitrogen and oxygen atoms in total. The van der Waals surface area contributed by atoms with Gasteiger partial charge in [-0.15, -0.1) is 0 Å². The number of carbonyl (C=O) groups is 2. The number of ether oxygens (including phenoxy) is 2. The topological polar surface area (TPSA) is 64.6 Å². The van der Waals surface area contributed by atoms with Crippen molar-refractivity contribution in [3.63, 3.8) is 0 Å². The lowest BCUT2D eigenvalue weighted by atomic mass is 10.0. The number of hydrogen-bond donors (Lipinski definition) is 1. The van der Waals surface area contributed by atoms with Crippen LogP contribution in [-0.2, 0) is 9.53 Å². The molecular weight excluding hydrogens is 258 g/mol. The molecule has 1 aromatic rings. The number of methoxy groups -OCH3 is 1. The molecule has 0 aliphatic heterocycles. The van der Waals surface area contributed by atoms with Gasteiger partial charge in [0.1, 0.15) is 5.75 Å². The summed E-state index contributed by atoms with van der Waals surface area (Å²) in [5.74, 6) is 0.150. The molecule has 0 amide bonds. The molecule has 1 atom stereocenters. The second-order valence-corrected chi connectivity index (χ2v) is 4.68. The van der Waals surface area contributed by atoms with Crippen molar-refractivity contribution in [3.05, 3.63) is 29.8 Å². The van der Waals surface area contributed by atoms with E-state index in [2.05, 4.69) is 10.1 Å². The zero-order chi connectivity index (χ0) is 15.1. The Kier molecular flexibility index (Phi) is 6.18. The summed E-state index contributed by atoms with van der Waals surface area (Å²) in [5.41, 5.74) is 0.532. The Hall–Kier alpha value is -1.88. The molecule has 20 heavy (non-hydrogen) atoms. The van der Waals surface area contributed by atoms with E-state index in [1.165, 1.54) is 7.11 Å². The second-order valence-electron chi connectivity index (χ2n) is 4.68. The van der Waals surface area contributed by atoms with Crippen LogP contribution in [0.3, 0.4) is 0 Å². The second kappa shape index (κ2) is 7.65. The van der Waals surface area contributed by atoms with E-state index in [1.54, 1.807) is 31.3 Å². The van der Waals surface area contributed by atoms with Crippen molar-refractivity contribution in [3.8, 4) is 5.75 Å². The maximum Gasteiger partial charge on any atom is 0.307 e. The van der Waals surface area contributed by atoms with Gasteiger partial charge in [0.2, 0.25) is 0 Å². The van der Waals surface area contributed by atoms with E-state index in [-0.39, 0.29) is 18.3 Å². The summed E-state index contributed by atoms with van der Waals surface area (Å²) in [4.78, 5) is 23.5. The van der Waals surface area contributed by atoms with Gasteiger partial charge in [-0.25, -0.2) is 0 Å². The fourth-order valence-electron chi connectivity index (χ4n) is 1.75. The molecule has 1 unspecified atom stereocenters. The van der Waals surface area contributed by atoms with Crippen LogP contribution in [0.15, 0.2) is 24.3 Å². The Morgan fingerprint density at radius 1 is 1.20 bits per heavy atom. The van der Waals surface area contributed by atoms with Crippen molar-refractivity contribution in [1.29, 1.82) is 0 Å². The van der Waals surface area contributed by atoms with Crippen LogP contribution < -0.4 is 10.1 Å². The summed E-state index contributed by atoms with van der Waals surface area (Å²) < 4.78 is 10.1. The first-order valence-electron chi connectivity index (χ1n) is 6.53. The van der Waals surface area contributed by atoms with Gasteiger partial charge in [0.25, 0.3) is 0 Å². The van der Waals surface area contributed by atoms with Gasteiger partial charge in [-0.05, 0) is 45.2 Å². The van der Waals surface area contributed by atoms with E-state index in [1.807, 2.05) is 13.8 Å². The van der Waals surface area contributed by atoms with Crippen molar-refractivity contribution in [2.75, 3.05) is 14.2 Å². The number of ketones is 1. The van der Waals surface area contributed by atoms with Gasteiger partial charge in [-0.1, -0.05) is 0 Å². The fraction of sp³-hybridized carbons (Fsp3) is 0.467. The van der Waals surface area contributed by atoms with E-state index in [4.69, 9.17) is 4.74 Å². The highest BCUT2D eigenvalue weighted by molar-refractivity contribution is 6.01. The highest BCUT2D eigenvalue weighted by Gasteiger charge is 2.21. The van der Waals surface area contributed by atoms with Crippen LogP contribution in [0, 0.1) is 0 Å². The Labute approximate surface area is 119 Å². The van der Waals surface area contributed by atoms with Crippen molar-refractivity contribution in [1.82, 2.24) is 5.32 Å². The number of carbonyl (C=O) groups excluding carboxylic acids is 2. The number of Topliss-reactive ketones (excluding diaryl/α,β-unsaturated/α-hetero) is 1. The summed E-state index contributed by atoms with van der Waals surface area (Å²) in [6, 6.07) is 6.30. The minimum atomic E-state index is -0.584. The van der Waals surface area contributed by atoms with Crippen LogP contribution in [0.4, 0.5) is 0 Å². The Bertz CT molecular complexity index is 453. The molecule has 1 rings (SSSR count). The quantitative estimate of drug-likeness (QED) is 0.609. The zero-order valence-corrected chi connectivity index (χ0v) is 12.3. The molecule has 0 aliphatic carbocycles. The maximum absolute atomic E-state index is 12.2. The lowest BCUT2D eigenvalue weighted by molar-refractivity contribution is -0.140. The molecule has 0 fully saturated rings. The van der Waals surface area contributed by atoms with Crippen LogP contribution >= 0.6 is 0 Å². The van der Waals surface area contributed by atoms with E-state index in [9.17, 15) is 9.59 Å². The van der Waals surface area contributed by atoms with Gasteiger partial charge in [-0.3, -0.25) is 9.59 Å². The summed E-state index contributed by atoms with van der Waals surface area (Å²) in [6.45, 7) is 3.87. The summed E-state index contributed by atoms with van der Waals surface area (Å²) in [6.07, 6.45) is 0.0942. The lowest BCUT2D eigenvalue weighted by Crippen LogP contribution is -2.36. The van der Waals surface area contributed by atoms with Gasteiger partial charge >= 0.3 is 5.97 Å². The zero-order valence-electron chi connectivity index (χ0n) is 12.3. The number of nitrogens with one attached hydrogen (secondary N) is 1. The van der Waals surface area contributed by atoms with Gasteiger partial charge in [0.15, 0.2) is 5.78 Å². The predicted octanol–water partition coefficient (Wildman–Crippen LogP) is 1.81. The van der Waals surface area contributed by atoms with E-state index in [0.717, 1.165) is 0 Å². The van der Waals surface area contributed by atoms with Crippen LogP contribution in [0.1, 0.15) is 30.6 Å².